The van der Waals surface area contributed by atoms with Crippen molar-refractivity contribution in [1.29, 1.82) is 0 Å². The highest BCUT2D eigenvalue weighted by atomic mass is 32.2. The molecule has 0 aliphatic heterocycles. The molecule has 0 saturated heterocycles. The number of nitrogens with zero attached hydrogens (tertiary/aromatic N) is 2. The van der Waals surface area contributed by atoms with Gasteiger partial charge in [0.05, 0.1) is 11.9 Å². The Kier molecular flexibility index (Phi) is 10.0. The Labute approximate surface area is 249 Å². The first-order chi connectivity index (χ1) is 20.1. The van der Waals surface area contributed by atoms with Crippen LogP contribution in [0.3, 0.4) is 0 Å². The first-order valence-electron chi connectivity index (χ1n) is 14.2. The Hall–Kier alpha value is -4.17. The summed E-state index contributed by atoms with van der Waals surface area (Å²) in [6.45, 7) is 5.59. The molecule has 0 aliphatic carbocycles. The van der Waals surface area contributed by atoms with Crippen molar-refractivity contribution in [3.05, 3.63) is 114 Å². The Balaban J connectivity index is 1.79. The third kappa shape index (κ3) is 7.76. The first kappa shape index (κ1) is 30.8. The van der Waals surface area contributed by atoms with Crippen LogP contribution in [0.5, 0.6) is 0 Å². The van der Waals surface area contributed by atoms with E-state index < -0.39 is 28.5 Å². The minimum Gasteiger partial charge on any atom is -0.352 e. The molecule has 0 radical (unpaired) electrons. The fourth-order valence-corrected chi connectivity index (χ4v) is 5.88. The number of hydrogen-bond donors (Lipinski definition) is 1. The van der Waals surface area contributed by atoms with Crippen LogP contribution in [-0.2, 0) is 32.6 Å². The number of carbonyl (C=O) groups excluding carboxylic acids is 2. The highest BCUT2D eigenvalue weighted by Gasteiger charge is 2.33. The molecule has 0 aromatic heterocycles. The Morgan fingerprint density at radius 3 is 2.19 bits per heavy atom. The van der Waals surface area contributed by atoms with E-state index >= 15 is 0 Å². The van der Waals surface area contributed by atoms with Gasteiger partial charge in [-0.25, -0.2) is 8.42 Å². The van der Waals surface area contributed by atoms with Gasteiger partial charge in [0.25, 0.3) is 0 Å². The summed E-state index contributed by atoms with van der Waals surface area (Å²) in [5.74, 6) is -0.736. The first-order valence-corrected chi connectivity index (χ1v) is 16.1. The summed E-state index contributed by atoms with van der Waals surface area (Å²) in [5, 5.41) is 4.64. The number of aryl methyl sites for hydroxylation is 1. The number of carbonyl (C=O) groups is 2. The lowest BCUT2D eigenvalue weighted by Gasteiger charge is -2.34. The van der Waals surface area contributed by atoms with Gasteiger partial charge in [-0.05, 0) is 42.8 Å². The van der Waals surface area contributed by atoms with Crippen LogP contribution in [0, 0.1) is 6.92 Å². The minimum absolute atomic E-state index is 0.0881. The number of hydrogen-bond acceptors (Lipinski definition) is 4. The summed E-state index contributed by atoms with van der Waals surface area (Å²) in [7, 11) is -3.86. The normalized spacial score (nSPS) is 12.9. The van der Waals surface area contributed by atoms with E-state index in [1.807, 2.05) is 106 Å². The Morgan fingerprint density at radius 2 is 1.50 bits per heavy atom. The van der Waals surface area contributed by atoms with Crippen molar-refractivity contribution in [3.63, 3.8) is 0 Å². The molecule has 4 aromatic carbocycles. The van der Waals surface area contributed by atoms with Crippen LogP contribution in [0.4, 0.5) is 5.69 Å². The van der Waals surface area contributed by atoms with Crippen LogP contribution < -0.4 is 9.62 Å². The van der Waals surface area contributed by atoms with E-state index in [4.69, 9.17) is 0 Å². The van der Waals surface area contributed by atoms with Gasteiger partial charge in [-0.3, -0.25) is 13.9 Å². The van der Waals surface area contributed by atoms with E-state index in [1.54, 1.807) is 12.1 Å². The zero-order valence-electron chi connectivity index (χ0n) is 24.7. The second kappa shape index (κ2) is 13.7. The number of fused-ring (bicyclic) bond motifs is 1. The van der Waals surface area contributed by atoms with Gasteiger partial charge in [0, 0.05) is 24.4 Å². The highest BCUT2D eigenvalue weighted by molar-refractivity contribution is 7.92. The zero-order valence-corrected chi connectivity index (χ0v) is 25.5. The van der Waals surface area contributed by atoms with Gasteiger partial charge in [0.1, 0.15) is 12.6 Å². The topological polar surface area (TPSA) is 86.8 Å². The van der Waals surface area contributed by atoms with Crippen molar-refractivity contribution in [2.45, 2.75) is 52.2 Å². The fraction of sp³-hybridized carbons (Fsp3) is 0.294. The molecule has 0 fully saturated rings. The van der Waals surface area contributed by atoms with E-state index in [9.17, 15) is 18.0 Å². The largest absolute Gasteiger partial charge is 0.352 e. The molecular weight excluding hydrogens is 546 g/mol. The second-order valence-corrected chi connectivity index (χ2v) is 12.7. The predicted molar refractivity (Wildman–Crippen MR) is 170 cm³/mol. The third-order valence-corrected chi connectivity index (χ3v) is 8.55. The third-order valence-electron chi connectivity index (χ3n) is 7.42. The molecule has 4 rings (SSSR count). The molecule has 2 amide bonds. The molecule has 0 spiro atoms. The van der Waals surface area contributed by atoms with Crippen molar-refractivity contribution in [2.75, 3.05) is 17.1 Å². The monoisotopic (exact) mass is 585 g/mol. The van der Waals surface area contributed by atoms with Crippen LogP contribution >= 0.6 is 0 Å². The molecule has 0 unspecified atom stereocenters. The smallest absolute Gasteiger partial charge is 0.244 e. The number of sulfonamides is 1. The van der Waals surface area contributed by atoms with Gasteiger partial charge in [-0.2, -0.15) is 0 Å². The lowest BCUT2D eigenvalue weighted by atomic mass is 10.0. The molecule has 7 nitrogen and oxygen atoms in total. The predicted octanol–water partition coefficient (Wildman–Crippen LogP) is 5.47. The van der Waals surface area contributed by atoms with Gasteiger partial charge < -0.3 is 10.2 Å². The Morgan fingerprint density at radius 1 is 0.857 bits per heavy atom. The molecule has 2 atom stereocenters. The minimum atomic E-state index is -3.86. The SMILES string of the molecule is CC[C@@H](C)NC(=O)[C@@H](Cc1ccccc1)N(Cc1cccc(C)c1)C(=O)CN(c1cccc2ccccc12)S(C)(=O)=O. The van der Waals surface area contributed by atoms with Gasteiger partial charge in [-0.15, -0.1) is 0 Å². The second-order valence-electron chi connectivity index (χ2n) is 10.8. The van der Waals surface area contributed by atoms with Gasteiger partial charge in [0.2, 0.25) is 21.8 Å². The van der Waals surface area contributed by atoms with Gasteiger partial charge >= 0.3 is 0 Å². The van der Waals surface area contributed by atoms with E-state index in [1.165, 1.54) is 4.90 Å². The number of nitrogens with one attached hydrogen (secondary N) is 1. The standard InChI is InChI=1S/C34H39N3O4S/c1-5-26(3)35-34(39)32(22-27-14-7-6-8-15-27)36(23-28-16-11-13-25(2)21-28)33(38)24-37(42(4,40)41)31-20-12-18-29-17-9-10-19-30(29)31/h6-21,26,32H,5,22-24H2,1-4H3,(H,35,39)/t26-,32-/m1/s1. The lowest BCUT2D eigenvalue weighted by molar-refractivity contribution is -0.140. The van der Waals surface area contributed by atoms with Gasteiger partial charge in [-0.1, -0.05) is 103 Å². The quantitative estimate of drug-likeness (QED) is 0.239. The van der Waals surface area contributed by atoms with Crippen LogP contribution in [0.2, 0.25) is 0 Å². The summed E-state index contributed by atoms with van der Waals surface area (Å²) >= 11 is 0. The number of anilines is 1. The van der Waals surface area contributed by atoms with Crippen LogP contribution in [-0.4, -0.2) is 50.0 Å². The van der Waals surface area contributed by atoms with Gasteiger partial charge in [0.15, 0.2) is 0 Å². The maximum absolute atomic E-state index is 14.3. The maximum Gasteiger partial charge on any atom is 0.244 e. The molecule has 0 heterocycles. The van der Waals surface area contributed by atoms with Crippen LogP contribution in [0.1, 0.15) is 37.0 Å². The molecule has 0 bridgehead atoms. The summed E-state index contributed by atoms with van der Waals surface area (Å²) in [6.07, 6.45) is 2.12. The molecule has 0 aliphatic rings. The van der Waals surface area contributed by atoms with Crippen molar-refractivity contribution >= 4 is 38.3 Å². The molecule has 1 N–H and O–H groups in total. The maximum atomic E-state index is 14.3. The molecule has 8 heteroatoms. The van der Waals surface area contributed by atoms with E-state index in [0.717, 1.165) is 44.4 Å². The average Bonchev–Trinajstić information content (AvgIpc) is 2.97. The van der Waals surface area contributed by atoms with Crippen molar-refractivity contribution in [1.82, 2.24) is 10.2 Å². The summed E-state index contributed by atoms with van der Waals surface area (Å²) in [4.78, 5) is 29.7. The molecule has 220 valence electrons. The average molecular weight is 586 g/mol. The number of rotatable bonds is 12. The van der Waals surface area contributed by atoms with Crippen LogP contribution in [0.15, 0.2) is 97.1 Å². The molecule has 42 heavy (non-hydrogen) atoms. The Bertz CT molecular complexity index is 1630. The van der Waals surface area contributed by atoms with E-state index in [2.05, 4.69) is 5.32 Å². The number of amides is 2. The van der Waals surface area contributed by atoms with Crippen LogP contribution in [0.25, 0.3) is 10.8 Å². The fourth-order valence-electron chi connectivity index (χ4n) is 5.02. The summed E-state index contributed by atoms with van der Waals surface area (Å²) in [6, 6.07) is 29.3. The van der Waals surface area contributed by atoms with Crippen molar-refractivity contribution < 1.29 is 18.0 Å². The van der Waals surface area contributed by atoms with E-state index in [-0.39, 0.29) is 24.9 Å². The molecule has 4 aromatic rings. The molecule has 0 saturated carbocycles. The van der Waals surface area contributed by atoms with E-state index in [0.29, 0.717) is 5.69 Å². The lowest BCUT2D eigenvalue weighted by Crippen LogP contribution is -2.54. The summed E-state index contributed by atoms with van der Waals surface area (Å²) < 4.78 is 27.5. The zero-order chi connectivity index (χ0) is 30.3. The summed E-state index contributed by atoms with van der Waals surface area (Å²) in [5.41, 5.74) is 3.20. The van der Waals surface area contributed by atoms with Crippen molar-refractivity contribution in [2.24, 2.45) is 0 Å². The number of benzene rings is 4. The molecular formula is C34H39N3O4S. The van der Waals surface area contributed by atoms with Crippen molar-refractivity contribution in [3.8, 4) is 0 Å². The highest BCUT2D eigenvalue weighted by Crippen LogP contribution is 2.29.